The number of nitrogens with zero attached hydrogens (tertiary/aromatic N) is 1. The number of nitrogens with one attached hydrogen (secondary N) is 1. The van der Waals surface area contributed by atoms with Crippen molar-refractivity contribution in [1.82, 2.24) is 4.90 Å². The smallest absolute Gasteiger partial charge is 0.278 e. The van der Waals surface area contributed by atoms with E-state index in [2.05, 4.69) is 5.32 Å². The fourth-order valence-electron chi connectivity index (χ4n) is 3.31. The molecule has 0 saturated carbocycles. The minimum absolute atomic E-state index is 0.0972. The van der Waals surface area contributed by atoms with Gasteiger partial charge in [0, 0.05) is 18.2 Å². The molecule has 6 nitrogen and oxygen atoms in total. The number of amides is 2. The molecule has 2 aromatic carbocycles. The van der Waals surface area contributed by atoms with E-state index < -0.39 is 0 Å². The number of ether oxygens (including phenoxy) is 2. The molecule has 0 bridgehead atoms. The number of rotatable bonds is 10. The highest BCUT2D eigenvalue weighted by atomic mass is 35.5. The van der Waals surface area contributed by atoms with Crippen molar-refractivity contribution in [3.63, 3.8) is 0 Å². The van der Waals surface area contributed by atoms with Crippen molar-refractivity contribution in [3.05, 3.63) is 64.8 Å². The number of benzene rings is 2. The zero-order valence-electron chi connectivity index (χ0n) is 18.0. The molecule has 0 saturated heterocycles. The van der Waals surface area contributed by atoms with E-state index >= 15 is 0 Å². The highest BCUT2D eigenvalue weighted by Gasteiger charge is 2.39. The number of anilines is 1. The Bertz CT molecular complexity index is 970. The monoisotopic (exact) mass is 442 g/mol. The van der Waals surface area contributed by atoms with Crippen LogP contribution in [0.1, 0.15) is 32.8 Å². The molecule has 1 N–H and O–H groups in total. The second kappa shape index (κ2) is 10.5. The third-order valence-electron chi connectivity index (χ3n) is 4.72. The maximum absolute atomic E-state index is 13.2. The molecular formula is C24H27ClN2O4. The number of carbonyl (C=O) groups is 2. The largest absolute Gasteiger partial charge is 0.492 e. The maximum Gasteiger partial charge on any atom is 0.278 e. The van der Waals surface area contributed by atoms with Gasteiger partial charge in [-0.1, -0.05) is 35.9 Å². The van der Waals surface area contributed by atoms with Crippen molar-refractivity contribution in [2.24, 2.45) is 0 Å². The molecule has 2 amide bonds. The summed E-state index contributed by atoms with van der Waals surface area (Å²) in [5.74, 6) is -0.101. The Morgan fingerprint density at radius 2 is 1.74 bits per heavy atom. The molecule has 7 heteroatoms. The summed E-state index contributed by atoms with van der Waals surface area (Å²) in [7, 11) is 0. The second-order valence-electron chi connectivity index (χ2n) is 7.35. The zero-order valence-corrected chi connectivity index (χ0v) is 18.7. The number of para-hydroxylation sites is 2. The standard InChI is InChI=1S/C24H27ClN2O4/c1-4-30-20-9-6-5-8-19(20)26-22-21(17-10-12-18(25)13-11-17)23(28)27(24(22)29)14-7-15-31-16(2)3/h5-6,8-13,16,26H,4,7,14-15H2,1-3H3. The van der Waals surface area contributed by atoms with E-state index in [1.165, 1.54) is 4.90 Å². The molecule has 1 aliphatic heterocycles. The number of imide groups is 1. The molecule has 0 aliphatic carbocycles. The van der Waals surface area contributed by atoms with E-state index in [9.17, 15) is 9.59 Å². The van der Waals surface area contributed by atoms with Crippen molar-refractivity contribution >= 4 is 34.7 Å². The summed E-state index contributed by atoms with van der Waals surface area (Å²) in [5, 5.41) is 3.71. The molecule has 3 rings (SSSR count). The van der Waals surface area contributed by atoms with Gasteiger partial charge in [-0.3, -0.25) is 14.5 Å². The minimum Gasteiger partial charge on any atom is -0.492 e. The van der Waals surface area contributed by atoms with Crippen LogP contribution in [-0.4, -0.2) is 42.6 Å². The maximum atomic E-state index is 13.2. The van der Waals surface area contributed by atoms with Gasteiger partial charge in [0.1, 0.15) is 11.4 Å². The summed E-state index contributed by atoms with van der Waals surface area (Å²) in [5.41, 5.74) is 1.79. The van der Waals surface area contributed by atoms with Crippen molar-refractivity contribution in [2.45, 2.75) is 33.3 Å². The molecule has 0 spiro atoms. The van der Waals surface area contributed by atoms with E-state index in [-0.39, 0.29) is 30.2 Å². The van der Waals surface area contributed by atoms with Gasteiger partial charge in [-0.15, -0.1) is 0 Å². The van der Waals surface area contributed by atoms with Gasteiger partial charge in [-0.25, -0.2) is 0 Å². The molecule has 0 unspecified atom stereocenters. The molecule has 0 atom stereocenters. The average molecular weight is 443 g/mol. The van der Waals surface area contributed by atoms with Crippen molar-refractivity contribution in [2.75, 3.05) is 25.1 Å². The number of hydrogen-bond acceptors (Lipinski definition) is 5. The summed E-state index contributed by atoms with van der Waals surface area (Å²) in [4.78, 5) is 27.8. The fourth-order valence-corrected chi connectivity index (χ4v) is 3.43. The van der Waals surface area contributed by atoms with Gasteiger partial charge in [0.05, 0.1) is 24.0 Å². The number of halogens is 1. The highest BCUT2D eigenvalue weighted by Crippen LogP contribution is 2.33. The third-order valence-corrected chi connectivity index (χ3v) is 4.98. The molecule has 0 fully saturated rings. The van der Waals surface area contributed by atoms with Crippen molar-refractivity contribution in [3.8, 4) is 5.75 Å². The van der Waals surface area contributed by atoms with E-state index in [0.717, 1.165) is 0 Å². The lowest BCUT2D eigenvalue weighted by atomic mass is 10.0. The molecule has 0 aromatic heterocycles. The van der Waals surface area contributed by atoms with Crippen molar-refractivity contribution in [1.29, 1.82) is 0 Å². The van der Waals surface area contributed by atoms with Crippen LogP contribution in [0.25, 0.3) is 5.57 Å². The van der Waals surface area contributed by atoms with Crippen LogP contribution in [0, 0.1) is 0 Å². The lowest BCUT2D eigenvalue weighted by Crippen LogP contribution is -2.34. The van der Waals surface area contributed by atoms with E-state index in [4.69, 9.17) is 21.1 Å². The molecule has 1 aliphatic rings. The van der Waals surface area contributed by atoms with Gasteiger partial charge in [0.25, 0.3) is 11.8 Å². The van der Waals surface area contributed by atoms with Gasteiger partial charge in [0.2, 0.25) is 0 Å². The van der Waals surface area contributed by atoms with Crippen LogP contribution in [0.3, 0.4) is 0 Å². The van der Waals surface area contributed by atoms with Crippen LogP contribution in [0.15, 0.2) is 54.2 Å². The third kappa shape index (κ3) is 5.46. The Morgan fingerprint density at radius 3 is 2.42 bits per heavy atom. The number of carbonyl (C=O) groups excluding carboxylic acids is 2. The molecule has 2 aromatic rings. The fraction of sp³-hybridized carbons (Fsp3) is 0.333. The van der Waals surface area contributed by atoms with Crippen LogP contribution in [0.4, 0.5) is 5.69 Å². The van der Waals surface area contributed by atoms with Crippen LogP contribution in [0.5, 0.6) is 5.75 Å². The summed E-state index contributed by atoms with van der Waals surface area (Å²) in [6.45, 7) is 7.02. The van der Waals surface area contributed by atoms with Crippen LogP contribution in [0.2, 0.25) is 5.02 Å². The average Bonchev–Trinajstić information content (AvgIpc) is 2.97. The molecular weight excluding hydrogens is 416 g/mol. The first-order valence-electron chi connectivity index (χ1n) is 10.4. The topological polar surface area (TPSA) is 67.9 Å². The van der Waals surface area contributed by atoms with E-state index in [1.807, 2.05) is 45.0 Å². The summed E-state index contributed by atoms with van der Waals surface area (Å²) >= 11 is 6.02. The van der Waals surface area contributed by atoms with Gasteiger partial charge in [-0.2, -0.15) is 0 Å². The first-order valence-corrected chi connectivity index (χ1v) is 10.8. The van der Waals surface area contributed by atoms with Gasteiger partial charge < -0.3 is 14.8 Å². The zero-order chi connectivity index (χ0) is 22.4. The van der Waals surface area contributed by atoms with Gasteiger partial charge in [0.15, 0.2) is 0 Å². The van der Waals surface area contributed by atoms with Crippen LogP contribution in [-0.2, 0) is 14.3 Å². The molecule has 1 heterocycles. The predicted octanol–water partition coefficient (Wildman–Crippen LogP) is 4.75. The minimum atomic E-state index is -0.370. The first-order chi connectivity index (χ1) is 14.9. The second-order valence-corrected chi connectivity index (χ2v) is 7.78. The summed E-state index contributed by atoms with van der Waals surface area (Å²) in [6, 6.07) is 14.2. The molecule has 164 valence electrons. The molecule has 0 radical (unpaired) electrons. The Morgan fingerprint density at radius 1 is 1.03 bits per heavy atom. The van der Waals surface area contributed by atoms with Crippen molar-refractivity contribution < 1.29 is 19.1 Å². The first kappa shape index (κ1) is 22.8. The Balaban J connectivity index is 1.93. The summed E-state index contributed by atoms with van der Waals surface area (Å²) in [6.07, 6.45) is 0.659. The Kier molecular flexibility index (Phi) is 7.71. The lowest BCUT2D eigenvalue weighted by molar-refractivity contribution is -0.137. The van der Waals surface area contributed by atoms with Crippen LogP contribution < -0.4 is 10.1 Å². The van der Waals surface area contributed by atoms with Gasteiger partial charge in [-0.05, 0) is 57.0 Å². The quantitative estimate of drug-likeness (QED) is 0.425. The predicted molar refractivity (Wildman–Crippen MR) is 122 cm³/mol. The van der Waals surface area contributed by atoms with Crippen LogP contribution >= 0.6 is 11.6 Å². The molecule has 31 heavy (non-hydrogen) atoms. The summed E-state index contributed by atoms with van der Waals surface area (Å²) < 4.78 is 11.2. The Hall–Kier alpha value is -2.83. The normalized spacial score (nSPS) is 14.0. The number of hydrogen-bond donors (Lipinski definition) is 1. The lowest BCUT2D eigenvalue weighted by Gasteiger charge is -2.16. The highest BCUT2D eigenvalue weighted by molar-refractivity contribution is 6.37. The van der Waals surface area contributed by atoms with Gasteiger partial charge >= 0.3 is 0 Å². The van der Waals surface area contributed by atoms with E-state index in [0.29, 0.717) is 47.2 Å². The SMILES string of the molecule is CCOc1ccccc1NC1=C(c2ccc(Cl)cc2)C(=O)N(CCCOC(C)C)C1=O. The van der Waals surface area contributed by atoms with E-state index in [1.54, 1.807) is 24.3 Å². The Labute approximate surface area is 187 Å².